The summed E-state index contributed by atoms with van der Waals surface area (Å²) in [6.45, 7) is 2.61. The van der Waals surface area contributed by atoms with Crippen molar-refractivity contribution >= 4 is 11.6 Å². The number of amides is 1. The van der Waals surface area contributed by atoms with Crippen LogP contribution in [0.2, 0.25) is 0 Å². The molecular formula is C17H16F3NO2. The Morgan fingerprint density at radius 1 is 1.04 bits per heavy atom. The summed E-state index contributed by atoms with van der Waals surface area (Å²) in [6, 6.07) is 10.9. The molecule has 0 bridgehead atoms. The topological polar surface area (TPSA) is 38.3 Å². The van der Waals surface area contributed by atoms with Gasteiger partial charge in [-0.1, -0.05) is 6.92 Å². The normalized spacial score (nSPS) is 11.1. The molecule has 0 heterocycles. The molecule has 0 aromatic heterocycles. The molecule has 6 heteroatoms. The minimum absolute atomic E-state index is 0.157. The van der Waals surface area contributed by atoms with Crippen LogP contribution in [0.25, 0.3) is 0 Å². The Balaban J connectivity index is 2.01. The number of ether oxygens (including phenoxy) is 1. The monoisotopic (exact) mass is 323 g/mol. The molecule has 0 fully saturated rings. The maximum atomic E-state index is 12.5. The van der Waals surface area contributed by atoms with Crippen LogP contribution in [-0.4, -0.2) is 12.5 Å². The van der Waals surface area contributed by atoms with Crippen molar-refractivity contribution in [2.24, 2.45) is 0 Å². The van der Waals surface area contributed by atoms with Gasteiger partial charge in [0.1, 0.15) is 5.75 Å². The summed E-state index contributed by atoms with van der Waals surface area (Å²) in [7, 11) is 0. The largest absolute Gasteiger partial charge is 0.494 e. The van der Waals surface area contributed by atoms with Gasteiger partial charge in [0.15, 0.2) is 0 Å². The van der Waals surface area contributed by atoms with Gasteiger partial charge in [0.05, 0.1) is 12.2 Å². The third-order valence-corrected chi connectivity index (χ3v) is 3.06. The van der Waals surface area contributed by atoms with Crippen LogP contribution in [0.15, 0.2) is 48.5 Å². The van der Waals surface area contributed by atoms with E-state index in [1.807, 2.05) is 6.92 Å². The second kappa shape index (κ2) is 7.17. The molecule has 0 aliphatic heterocycles. The lowest BCUT2D eigenvalue weighted by Crippen LogP contribution is -2.12. The molecule has 23 heavy (non-hydrogen) atoms. The molecule has 0 spiro atoms. The summed E-state index contributed by atoms with van der Waals surface area (Å²) >= 11 is 0. The fourth-order valence-corrected chi connectivity index (χ4v) is 1.87. The minimum Gasteiger partial charge on any atom is -0.494 e. The van der Waals surface area contributed by atoms with Crippen LogP contribution in [-0.2, 0) is 6.18 Å². The van der Waals surface area contributed by atoms with Crippen molar-refractivity contribution in [1.82, 2.24) is 0 Å². The Bertz CT molecular complexity index is 649. The van der Waals surface area contributed by atoms with Crippen LogP contribution in [0.1, 0.15) is 29.3 Å². The molecule has 122 valence electrons. The molecule has 0 saturated carbocycles. The van der Waals surface area contributed by atoms with Crippen molar-refractivity contribution in [1.29, 1.82) is 0 Å². The second-order valence-corrected chi connectivity index (χ2v) is 4.90. The number of alkyl halides is 3. The highest BCUT2D eigenvalue weighted by Crippen LogP contribution is 2.29. The molecule has 0 radical (unpaired) electrons. The van der Waals surface area contributed by atoms with Gasteiger partial charge < -0.3 is 10.1 Å². The third-order valence-electron chi connectivity index (χ3n) is 3.06. The highest BCUT2D eigenvalue weighted by Gasteiger charge is 2.30. The van der Waals surface area contributed by atoms with Crippen LogP contribution in [0, 0.1) is 0 Å². The number of nitrogens with one attached hydrogen (secondary N) is 1. The van der Waals surface area contributed by atoms with E-state index in [2.05, 4.69) is 5.32 Å². The predicted molar refractivity (Wildman–Crippen MR) is 81.6 cm³/mol. The van der Waals surface area contributed by atoms with Crippen molar-refractivity contribution in [3.05, 3.63) is 59.7 Å². The van der Waals surface area contributed by atoms with E-state index in [1.54, 1.807) is 24.3 Å². The van der Waals surface area contributed by atoms with Gasteiger partial charge in [-0.25, -0.2) is 0 Å². The smallest absolute Gasteiger partial charge is 0.416 e. The number of benzene rings is 2. The molecule has 0 atom stereocenters. The number of carbonyl (C=O) groups excluding carboxylic acids is 1. The molecule has 2 rings (SSSR count). The first kappa shape index (κ1) is 16.9. The molecule has 2 aromatic rings. The molecule has 0 aliphatic rings. The van der Waals surface area contributed by atoms with Gasteiger partial charge in [-0.2, -0.15) is 13.2 Å². The molecule has 0 saturated heterocycles. The predicted octanol–water partition coefficient (Wildman–Crippen LogP) is 4.75. The first-order valence-corrected chi connectivity index (χ1v) is 7.11. The number of rotatable bonds is 5. The van der Waals surface area contributed by atoms with Gasteiger partial charge in [0.25, 0.3) is 5.91 Å². The van der Waals surface area contributed by atoms with Gasteiger partial charge in [-0.05, 0) is 55.0 Å². The van der Waals surface area contributed by atoms with Crippen molar-refractivity contribution in [3.8, 4) is 5.75 Å². The zero-order valence-electron chi connectivity index (χ0n) is 12.5. The van der Waals surface area contributed by atoms with Crippen LogP contribution < -0.4 is 10.1 Å². The Hall–Kier alpha value is -2.50. The first-order chi connectivity index (χ1) is 10.9. The summed E-state index contributed by atoms with van der Waals surface area (Å²) in [4.78, 5) is 12.0. The zero-order chi connectivity index (χ0) is 16.9. The van der Waals surface area contributed by atoms with Crippen LogP contribution in [0.4, 0.5) is 18.9 Å². The lowest BCUT2D eigenvalue weighted by Gasteiger charge is -2.09. The number of carbonyl (C=O) groups is 1. The average Bonchev–Trinajstić information content (AvgIpc) is 2.53. The van der Waals surface area contributed by atoms with Gasteiger partial charge in [-0.15, -0.1) is 0 Å². The Morgan fingerprint density at radius 3 is 2.17 bits per heavy atom. The van der Waals surface area contributed by atoms with Crippen LogP contribution >= 0.6 is 0 Å². The van der Waals surface area contributed by atoms with E-state index in [4.69, 9.17) is 4.74 Å². The van der Waals surface area contributed by atoms with Crippen molar-refractivity contribution in [2.75, 3.05) is 11.9 Å². The molecular weight excluding hydrogens is 307 g/mol. The van der Waals surface area contributed by atoms with Crippen molar-refractivity contribution < 1.29 is 22.7 Å². The summed E-state index contributed by atoms with van der Waals surface area (Å²) in [5.41, 5.74) is -0.0884. The Kier molecular flexibility index (Phi) is 5.26. The fourth-order valence-electron chi connectivity index (χ4n) is 1.87. The van der Waals surface area contributed by atoms with Gasteiger partial charge in [-0.3, -0.25) is 4.79 Å². The van der Waals surface area contributed by atoms with E-state index in [9.17, 15) is 18.0 Å². The molecule has 1 N–H and O–H groups in total. The minimum atomic E-state index is -4.41. The second-order valence-electron chi connectivity index (χ2n) is 4.90. The van der Waals surface area contributed by atoms with Gasteiger partial charge in [0, 0.05) is 11.3 Å². The van der Waals surface area contributed by atoms with Crippen molar-refractivity contribution in [3.63, 3.8) is 0 Å². The SMILES string of the molecule is CCCOc1ccc(NC(=O)c2ccc(C(F)(F)F)cc2)cc1. The average molecular weight is 323 g/mol. The number of hydrogen-bond acceptors (Lipinski definition) is 2. The highest BCUT2D eigenvalue weighted by atomic mass is 19.4. The van der Waals surface area contributed by atoms with Crippen molar-refractivity contribution in [2.45, 2.75) is 19.5 Å². The van der Waals surface area contributed by atoms with E-state index in [-0.39, 0.29) is 5.56 Å². The molecule has 0 aliphatic carbocycles. The maximum absolute atomic E-state index is 12.5. The maximum Gasteiger partial charge on any atom is 0.416 e. The first-order valence-electron chi connectivity index (χ1n) is 7.11. The highest BCUT2D eigenvalue weighted by molar-refractivity contribution is 6.04. The lowest BCUT2D eigenvalue weighted by molar-refractivity contribution is -0.137. The van der Waals surface area contributed by atoms with Gasteiger partial charge in [0.2, 0.25) is 0 Å². The molecule has 1 amide bonds. The summed E-state index contributed by atoms with van der Waals surface area (Å²) in [5, 5.41) is 2.62. The van der Waals surface area contributed by atoms with Crippen LogP contribution in [0.3, 0.4) is 0 Å². The lowest BCUT2D eigenvalue weighted by atomic mass is 10.1. The zero-order valence-corrected chi connectivity index (χ0v) is 12.5. The number of halogens is 3. The molecule has 2 aromatic carbocycles. The Labute approximate surface area is 132 Å². The number of anilines is 1. The van der Waals surface area contributed by atoms with E-state index in [0.29, 0.717) is 18.0 Å². The standard InChI is InChI=1S/C17H16F3NO2/c1-2-11-23-15-9-7-14(8-10-15)21-16(22)12-3-5-13(6-4-12)17(18,19)20/h3-10H,2,11H2,1H3,(H,21,22). The van der Waals surface area contributed by atoms with E-state index in [0.717, 1.165) is 30.7 Å². The van der Waals surface area contributed by atoms with E-state index >= 15 is 0 Å². The summed E-state index contributed by atoms with van der Waals surface area (Å²) in [6.07, 6.45) is -3.52. The molecule has 0 unspecified atom stereocenters. The fraction of sp³-hybridized carbons (Fsp3) is 0.235. The van der Waals surface area contributed by atoms with Crippen LogP contribution in [0.5, 0.6) is 5.75 Å². The quantitative estimate of drug-likeness (QED) is 0.862. The Morgan fingerprint density at radius 2 is 1.65 bits per heavy atom. The summed E-state index contributed by atoms with van der Waals surface area (Å²) < 4.78 is 42.9. The summed E-state index contributed by atoms with van der Waals surface area (Å²) in [5.74, 6) is 0.223. The number of hydrogen-bond donors (Lipinski definition) is 1. The van der Waals surface area contributed by atoms with E-state index in [1.165, 1.54) is 0 Å². The van der Waals surface area contributed by atoms with Gasteiger partial charge >= 0.3 is 6.18 Å². The molecule has 3 nitrogen and oxygen atoms in total. The third kappa shape index (κ3) is 4.74. The van der Waals surface area contributed by atoms with E-state index < -0.39 is 17.6 Å².